The minimum atomic E-state index is -0.494. The Morgan fingerprint density at radius 2 is 1.64 bits per heavy atom. The zero-order chi connectivity index (χ0) is 18.0. The van der Waals surface area contributed by atoms with E-state index in [0.29, 0.717) is 18.7 Å². The van der Waals surface area contributed by atoms with Gasteiger partial charge in [0.25, 0.3) is 0 Å². The van der Waals surface area contributed by atoms with E-state index in [1.54, 1.807) is 4.90 Å². The van der Waals surface area contributed by atoms with Crippen molar-refractivity contribution in [2.75, 3.05) is 16.8 Å². The van der Waals surface area contributed by atoms with E-state index in [1.165, 1.54) is 0 Å². The first kappa shape index (κ1) is 17.0. The first-order chi connectivity index (χ1) is 11.9. The molecule has 0 aromatic heterocycles. The van der Waals surface area contributed by atoms with Crippen LogP contribution in [-0.2, 0) is 4.79 Å². The lowest BCUT2D eigenvalue weighted by Gasteiger charge is -2.18. The highest BCUT2D eigenvalue weighted by molar-refractivity contribution is 6.02. The number of urea groups is 1. The van der Waals surface area contributed by atoms with Gasteiger partial charge in [-0.3, -0.25) is 4.79 Å². The summed E-state index contributed by atoms with van der Waals surface area (Å²) in [5.74, 6) is -0.0657. The molecule has 1 heterocycles. The number of carbonyl (C=O) groups excluding carboxylic acids is 2. The Balaban J connectivity index is 1.63. The maximum atomic E-state index is 12.6. The van der Waals surface area contributed by atoms with Crippen molar-refractivity contribution in [1.29, 1.82) is 0 Å². The fourth-order valence-corrected chi connectivity index (χ4v) is 3.14. The van der Waals surface area contributed by atoms with Crippen LogP contribution < -0.4 is 15.5 Å². The second kappa shape index (κ2) is 6.97. The third kappa shape index (κ3) is 3.99. The van der Waals surface area contributed by atoms with Crippen molar-refractivity contribution in [3.8, 4) is 0 Å². The van der Waals surface area contributed by atoms with Crippen LogP contribution in [0.4, 0.5) is 16.2 Å². The Bertz CT molecular complexity index is 779. The van der Waals surface area contributed by atoms with Gasteiger partial charge < -0.3 is 15.5 Å². The molecule has 25 heavy (non-hydrogen) atoms. The third-order valence-corrected chi connectivity index (χ3v) is 4.34. The summed E-state index contributed by atoms with van der Waals surface area (Å²) in [6.45, 7) is 6.63. The number of rotatable bonds is 3. The summed E-state index contributed by atoms with van der Waals surface area (Å²) >= 11 is 0. The molecule has 3 rings (SSSR count). The van der Waals surface area contributed by atoms with E-state index in [-0.39, 0.29) is 11.9 Å². The Hall–Kier alpha value is -2.82. The summed E-state index contributed by atoms with van der Waals surface area (Å²) in [7, 11) is 0. The number of benzene rings is 2. The Labute approximate surface area is 148 Å². The van der Waals surface area contributed by atoms with E-state index in [4.69, 9.17) is 0 Å². The minimum Gasteiger partial charge on any atom is -0.326 e. The van der Waals surface area contributed by atoms with Crippen LogP contribution in [0, 0.1) is 20.8 Å². The van der Waals surface area contributed by atoms with E-state index < -0.39 is 6.04 Å². The molecule has 3 amide bonds. The van der Waals surface area contributed by atoms with Crippen LogP contribution in [-0.4, -0.2) is 24.5 Å². The van der Waals surface area contributed by atoms with Crippen LogP contribution in [0.3, 0.4) is 0 Å². The molecule has 1 saturated heterocycles. The highest BCUT2D eigenvalue weighted by Gasteiger charge is 2.33. The standard InChI is InChI=1S/C20H23N3O2/c1-13-4-6-16(7-5-13)21-20(25)22-18-8-9-23(19(18)24)17-11-14(2)10-15(3)12-17/h4-7,10-12,18H,8-9H2,1-3H3,(H2,21,22,25). The average molecular weight is 337 g/mol. The van der Waals surface area contributed by atoms with Gasteiger partial charge >= 0.3 is 6.03 Å². The first-order valence-corrected chi connectivity index (χ1v) is 8.46. The van der Waals surface area contributed by atoms with Crippen LogP contribution >= 0.6 is 0 Å². The van der Waals surface area contributed by atoms with Gasteiger partial charge in [-0.25, -0.2) is 4.79 Å². The number of amides is 3. The molecule has 2 N–H and O–H groups in total. The quantitative estimate of drug-likeness (QED) is 0.900. The summed E-state index contributed by atoms with van der Waals surface area (Å²) in [6.07, 6.45) is 0.604. The molecule has 0 bridgehead atoms. The number of nitrogens with zero attached hydrogens (tertiary/aromatic N) is 1. The van der Waals surface area contributed by atoms with Gasteiger partial charge in [-0.1, -0.05) is 23.8 Å². The summed E-state index contributed by atoms with van der Waals surface area (Å²) in [5.41, 5.74) is 4.97. The zero-order valence-electron chi connectivity index (χ0n) is 14.8. The van der Waals surface area contributed by atoms with Gasteiger partial charge in [0.1, 0.15) is 6.04 Å². The molecule has 2 aromatic carbocycles. The molecule has 5 nitrogen and oxygen atoms in total. The van der Waals surface area contributed by atoms with Gasteiger partial charge in [0, 0.05) is 17.9 Å². The fourth-order valence-electron chi connectivity index (χ4n) is 3.14. The Morgan fingerprint density at radius 3 is 2.28 bits per heavy atom. The van der Waals surface area contributed by atoms with Crippen molar-refractivity contribution in [1.82, 2.24) is 5.32 Å². The summed E-state index contributed by atoms with van der Waals surface area (Å²) in [6, 6.07) is 12.8. The molecule has 1 fully saturated rings. The fraction of sp³-hybridized carbons (Fsp3) is 0.300. The monoisotopic (exact) mass is 337 g/mol. The van der Waals surface area contributed by atoms with Gasteiger partial charge in [0.05, 0.1) is 0 Å². The third-order valence-electron chi connectivity index (χ3n) is 4.34. The molecule has 0 radical (unpaired) electrons. The molecule has 1 unspecified atom stereocenters. The summed E-state index contributed by atoms with van der Waals surface area (Å²) in [5, 5.41) is 5.55. The number of carbonyl (C=O) groups is 2. The molecule has 0 saturated carbocycles. The van der Waals surface area contributed by atoms with Gasteiger partial charge in [-0.2, -0.15) is 0 Å². The summed E-state index contributed by atoms with van der Waals surface area (Å²) in [4.78, 5) is 26.5. The average Bonchev–Trinajstić information content (AvgIpc) is 2.89. The van der Waals surface area contributed by atoms with Crippen LogP contribution in [0.2, 0.25) is 0 Å². The molecule has 1 atom stereocenters. The molecule has 2 aromatic rings. The predicted octanol–water partition coefficient (Wildman–Crippen LogP) is 3.54. The number of anilines is 2. The second-order valence-corrected chi connectivity index (χ2v) is 6.64. The maximum absolute atomic E-state index is 12.6. The van der Waals surface area contributed by atoms with Crippen LogP contribution in [0.5, 0.6) is 0 Å². The number of hydrogen-bond donors (Lipinski definition) is 2. The lowest BCUT2D eigenvalue weighted by molar-refractivity contribution is -0.118. The highest BCUT2D eigenvalue weighted by Crippen LogP contribution is 2.24. The number of aryl methyl sites for hydroxylation is 3. The Morgan fingerprint density at radius 1 is 1.00 bits per heavy atom. The van der Waals surface area contributed by atoms with Crippen molar-refractivity contribution >= 4 is 23.3 Å². The predicted molar refractivity (Wildman–Crippen MR) is 100 cm³/mol. The molecule has 130 valence electrons. The van der Waals surface area contributed by atoms with Crippen molar-refractivity contribution in [2.45, 2.75) is 33.2 Å². The van der Waals surface area contributed by atoms with E-state index in [2.05, 4.69) is 16.7 Å². The molecule has 0 spiro atoms. The molecule has 5 heteroatoms. The number of hydrogen-bond acceptors (Lipinski definition) is 2. The smallest absolute Gasteiger partial charge is 0.319 e. The van der Waals surface area contributed by atoms with Crippen molar-refractivity contribution < 1.29 is 9.59 Å². The molecule has 1 aliphatic heterocycles. The molecular formula is C20H23N3O2. The Kier molecular flexibility index (Phi) is 4.74. The lowest BCUT2D eigenvalue weighted by atomic mass is 10.1. The van der Waals surface area contributed by atoms with Gasteiger partial charge in [-0.15, -0.1) is 0 Å². The topological polar surface area (TPSA) is 61.4 Å². The van der Waals surface area contributed by atoms with Crippen molar-refractivity contribution in [3.63, 3.8) is 0 Å². The van der Waals surface area contributed by atoms with Crippen LogP contribution in [0.15, 0.2) is 42.5 Å². The van der Waals surface area contributed by atoms with E-state index in [1.807, 2.05) is 57.2 Å². The van der Waals surface area contributed by atoms with Gasteiger partial charge in [0.2, 0.25) is 5.91 Å². The van der Waals surface area contributed by atoms with Gasteiger partial charge in [-0.05, 0) is 62.6 Å². The minimum absolute atomic E-state index is 0.0657. The molecule has 1 aliphatic rings. The summed E-state index contributed by atoms with van der Waals surface area (Å²) < 4.78 is 0. The van der Waals surface area contributed by atoms with E-state index in [9.17, 15) is 9.59 Å². The van der Waals surface area contributed by atoms with Crippen LogP contribution in [0.1, 0.15) is 23.1 Å². The normalized spacial score (nSPS) is 16.8. The SMILES string of the molecule is Cc1ccc(NC(=O)NC2CCN(c3cc(C)cc(C)c3)C2=O)cc1. The van der Waals surface area contributed by atoms with Crippen molar-refractivity contribution in [3.05, 3.63) is 59.2 Å². The molecule has 0 aliphatic carbocycles. The number of nitrogens with one attached hydrogen (secondary N) is 2. The lowest BCUT2D eigenvalue weighted by Crippen LogP contribution is -2.43. The first-order valence-electron chi connectivity index (χ1n) is 8.46. The van der Waals surface area contributed by atoms with Crippen molar-refractivity contribution in [2.24, 2.45) is 0 Å². The van der Waals surface area contributed by atoms with E-state index in [0.717, 1.165) is 22.4 Å². The van der Waals surface area contributed by atoms with Gasteiger partial charge in [0.15, 0.2) is 0 Å². The molecular weight excluding hydrogens is 314 g/mol. The largest absolute Gasteiger partial charge is 0.326 e. The van der Waals surface area contributed by atoms with E-state index >= 15 is 0 Å². The van der Waals surface area contributed by atoms with Crippen LogP contribution in [0.25, 0.3) is 0 Å². The zero-order valence-corrected chi connectivity index (χ0v) is 14.8. The highest BCUT2D eigenvalue weighted by atomic mass is 16.2. The second-order valence-electron chi connectivity index (χ2n) is 6.64. The maximum Gasteiger partial charge on any atom is 0.319 e.